The van der Waals surface area contributed by atoms with Gasteiger partial charge in [-0.1, -0.05) is 6.07 Å². The van der Waals surface area contributed by atoms with Crippen molar-refractivity contribution in [2.24, 2.45) is 5.73 Å². The monoisotopic (exact) mass is 305 g/mol. The molecule has 0 saturated heterocycles. The number of halogens is 2. The van der Waals surface area contributed by atoms with Gasteiger partial charge in [0.15, 0.2) is 0 Å². The molecule has 0 bridgehead atoms. The van der Waals surface area contributed by atoms with E-state index in [1.54, 1.807) is 23.7 Å². The topological polar surface area (TPSA) is 43.8 Å². The van der Waals surface area contributed by atoms with E-state index in [9.17, 15) is 8.78 Å². The molecule has 0 fully saturated rings. The van der Waals surface area contributed by atoms with E-state index in [-0.39, 0.29) is 5.56 Å². The van der Waals surface area contributed by atoms with Crippen molar-refractivity contribution in [3.05, 3.63) is 65.3 Å². The molecule has 2 heterocycles. The summed E-state index contributed by atoms with van der Waals surface area (Å²) in [4.78, 5) is 5.30. The average molecular weight is 305 g/mol. The summed E-state index contributed by atoms with van der Waals surface area (Å²) < 4.78 is 28.9. The molecule has 2 N–H and O–H groups in total. The lowest BCUT2D eigenvalue weighted by molar-refractivity contribution is 0.524. The first-order valence-electron chi connectivity index (χ1n) is 6.40. The van der Waals surface area contributed by atoms with Crippen LogP contribution in [0.5, 0.6) is 0 Å². The number of benzene rings is 1. The number of nitrogens with zero attached hydrogens (tertiary/aromatic N) is 2. The second-order valence-electron chi connectivity index (χ2n) is 4.65. The predicted molar refractivity (Wildman–Crippen MR) is 78.8 cm³/mol. The molecule has 3 aromatic rings. The molecule has 2 aromatic heterocycles. The van der Waals surface area contributed by atoms with Crippen LogP contribution in [-0.4, -0.2) is 9.55 Å². The summed E-state index contributed by atoms with van der Waals surface area (Å²) in [7, 11) is 0. The van der Waals surface area contributed by atoms with Crippen molar-refractivity contribution in [3.63, 3.8) is 0 Å². The van der Waals surface area contributed by atoms with Gasteiger partial charge in [-0.05, 0) is 29.6 Å². The number of imidazole rings is 1. The molecule has 6 heteroatoms. The van der Waals surface area contributed by atoms with Crippen LogP contribution < -0.4 is 5.73 Å². The number of thiophene rings is 1. The smallest absolute Gasteiger partial charge is 0.150 e. The molecule has 0 aliphatic carbocycles. The van der Waals surface area contributed by atoms with Gasteiger partial charge in [0.05, 0.1) is 10.9 Å². The number of nitrogens with two attached hydrogens (primary N) is 1. The van der Waals surface area contributed by atoms with Crippen LogP contribution in [0.4, 0.5) is 8.78 Å². The van der Waals surface area contributed by atoms with Gasteiger partial charge in [0.25, 0.3) is 0 Å². The normalized spacial score (nSPS) is 12.5. The van der Waals surface area contributed by atoms with Gasteiger partial charge in [0, 0.05) is 24.5 Å². The van der Waals surface area contributed by atoms with Gasteiger partial charge in [-0.15, -0.1) is 11.3 Å². The molecule has 1 atom stereocenters. The second kappa shape index (κ2) is 5.75. The number of hydrogen-bond acceptors (Lipinski definition) is 3. The number of aromatic nitrogens is 2. The van der Waals surface area contributed by atoms with Gasteiger partial charge in [-0.25, -0.2) is 13.8 Å². The van der Waals surface area contributed by atoms with E-state index in [4.69, 9.17) is 5.73 Å². The molecule has 0 spiro atoms. The third-order valence-corrected chi connectivity index (χ3v) is 4.07. The molecule has 0 radical (unpaired) electrons. The van der Waals surface area contributed by atoms with Crippen LogP contribution >= 0.6 is 11.3 Å². The van der Waals surface area contributed by atoms with E-state index < -0.39 is 17.7 Å². The van der Waals surface area contributed by atoms with Crippen molar-refractivity contribution >= 4 is 11.3 Å². The minimum Gasteiger partial charge on any atom is -0.328 e. The van der Waals surface area contributed by atoms with E-state index in [1.165, 1.54) is 0 Å². The molecular formula is C15H13F2N3S. The Hall–Kier alpha value is -2.05. The second-order valence-corrected chi connectivity index (χ2v) is 5.60. The average Bonchev–Trinajstić information content (AvgIpc) is 3.11. The fourth-order valence-corrected chi connectivity index (χ4v) is 2.93. The summed E-state index contributed by atoms with van der Waals surface area (Å²) in [6.07, 6.45) is 3.45. The van der Waals surface area contributed by atoms with Gasteiger partial charge >= 0.3 is 0 Å². The fourth-order valence-electron chi connectivity index (χ4n) is 2.20. The lowest BCUT2D eigenvalue weighted by atomic mass is 10.1. The van der Waals surface area contributed by atoms with E-state index in [2.05, 4.69) is 4.98 Å². The summed E-state index contributed by atoms with van der Waals surface area (Å²) in [6, 6.07) is 6.57. The Morgan fingerprint density at radius 2 is 2.14 bits per heavy atom. The fraction of sp³-hybridized carbons (Fsp3) is 0.133. The molecule has 1 aromatic carbocycles. The predicted octanol–water partition coefficient (Wildman–Crippen LogP) is 3.59. The zero-order chi connectivity index (χ0) is 14.8. The summed E-state index contributed by atoms with van der Waals surface area (Å²) in [6.45, 7) is 0.327. The summed E-state index contributed by atoms with van der Waals surface area (Å²) in [5.41, 5.74) is 6.19. The minimum absolute atomic E-state index is 0.167. The number of hydrogen-bond donors (Lipinski definition) is 1. The molecule has 0 aliphatic heterocycles. The van der Waals surface area contributed by atoms with Crippen molar-refractivity contribution in [3.8, 4) is 10.7 Å². The van der Waals surface area contributed by atoms with Gasteiger partial charge < -0.3 is 10.3 Å². The van der Waals surface area contributed by atoms with Crippen molar-refractivity contribution in [1.82, 2.24) is 9.55 Å². The quantitative estimate of drug-likeness (QED) is 0.800. The highest BCUT2D eigenvalue weighted by atomic mass is 32.1. The highest BCUT2D eigenvalue weighted by molar-refractivity contribution is 7.13. The summed E-state index contributed by atoms with van der Waals surface area (Å²) in [5, 5.41) is 1.96. The molecule has 3 rings (SSSR count). The first-order valence-corrected chi connectivity index (χ1v) is 7.28. The molecule has 1 unspecified atom stereocenters. The molecule has 108 valence electrons. The third-order valence-electron chi connectivity index (χ3n) is 3.21. The molecule has 0 aliphatic rings. The van der Waals surface area contributed by atoms with Gasteiger partial charge in [0.1, 0.15) is 17.5 Å². The van der Waals surface area contributed by atoms with Gasteiger partial charge in [0.2, 0.25) is 0 Å². The Balaban J connectivity index is 1.87. The third kappa shape index (κ3) is 2.86. The highest BCUT2D eigenvalue weighted by Crippen LogP contribution is 2.25. The maximum absolute atomic E-state index is 13.8. The lowest BCUT2D eigenvalue weighted by Crippen LogP contribution is -2.19. The first-order chi connectivity index (χ1) is 10.1. The molecular weight excluding hydrogens is 292 g/mol. The zero-order valence-corrected chi connectivity index (χ0v) is 11.9. The largest absolute Gasteiger partial charge is 0.328 e. The summed E-state index contributed by atoms with van der Waals surface area (Å²) in [5.74, 6) is -0.218. The molecule has 3 nitrogen and oxygen atoms in total. The van der Waals surface area contributed by atoms with Crippen LogP contribution in [0, 0.1) is 11.6 Å². The standard InChI is InChI=1S/C15H13F2N3S/c16-10-3-4-12(17)11(8-10)13(18)9-20-6-5-19-15(20)14-2-1-7-21-14/h1-8,13H,9,18H2. The van der Waals surface area contributed by atoms with Crippen LogP contribution in [0.15, 0.2) is 48.1 Å². The molecule has 0 saturated carbocycles. The van der Waals surface area contributed by atoms with E-state index in [1.807, 2.05) is 22.1 Å². The SMILES string of the molecule is NC(Cn1ccnc1-c1cccs1)c1cc(F)ccc1F. The van der Waals surface area contributed by atoms with Gasteiger partial charge in [-0.3, -0.25) is 0 Å². The Labute approximate surface area is 124 Å². The van der Waals surface area contributed by atoms with Gasteiger partial charge in [-0.2, -0.15) is 0 Å². The van der Waals surface area contributed by atoms with Crippen LogP contribution in [0.2, 0.25) is 0 Å². The van der Waals surface area contributed by atoms with Crippen LogP contribution in [-0.2, 0) is 6.54 Å². The minimum atomic E-state index is -0.645. The van der Waals surface area contributed by atoms with Crippen molar-refractivity contribution in [2.75, 3.05) is 0 Å². The highest BCUT2D eigenvalue weighted by Gasteiger charge is 2.15. The maximum atomic E-state index is 13.8. The number of rotatable bonds is 4. The maximum Gasteiger partial charge on any atom is 0.150 e. The van der Waals surface area contributed by atoms with E-state index in [0.29, 0.717) is 6.54 Å². The summed E-state index contributed by atoms with van der Waals surface area (Å²) >= 11 is 1.57. The lowest BCUT2D eigenvalue weighted by Gasteiger charge is -2.15. The van der Waals surface area contributed by atoms with Crippen molar-refractivity contribution in [2.45, 2.75) is 12.6 Å². The zero-order valence-electron chi connectivity index (χ0n) is 11.0. The Morgan fingerprint density at radius 1 is 1.29 bits per heavy atom. The Bertz CT molecular complexity index is 737. The molecule has 0 amide bonds. The van der Waals surface area contributed by atoms with Crippen LogP contribution in [0.1, 0.15) is 11.6 Å². The van der Waals surface area contributed by atoms with Crippen LogP contribution in [0.25, 0.3) is 10.7 Å². The van der Waals surface area contributed by atoms with Crippen molar-refractivity contribution in [1.29, 1.82) is 0 Å². The Kier molecular flexibility index (Phi) is 3.81. The van der Waals surface area contributed by atoms with Crippen LogP contribution in [0.3, 0.4) is 0 Å². The Morgan fingerprint density at radius 3 is 2.90 bits per heavy atom. The first kappa shape index (κ1) is 13.9. The molecule has 21 heavy (non-hydrogen) atoms. The van der Waals surface area contributed by atoms with E-state index in [0.717, 1.165) is 28.9 Å². The van der Waals surface area contributed by atoms with Crippen molar-refractivity contribution < 1.29 is 8.78 Å². The van der Waals surface area contributed by atoms with E-state index >= 15 is 0 Å².